The van der Waals surface area contributed by atoms with Crippen LogP contribution in [-0.2, 0) is 0 Å². The van der Waals surface area contributed by atoms with E-state index >= 15 is 0 Å². The van der Waals surface area contributed by atoms with Crippen LogP contribution in [0.4, 0.5) is 4.39 Å². The smallest absolute Gasteiger partial charge is 0.193 e. The molecule has 0 heterocycles. The van der Waals surface area contributed by atoms with Crippen LogP contribution in [0.25, 0.3) is 0 Å². The SMILES string of the molecule is C[C@H]1[C@@](F)(Cl)[C@]1(C)CCl. The molecular formula is C6H9Cl2F. The summed E-state index contributed by atoms with van der Waals surface area (Å²) in [5.41, 5.74) is -0.490. The summed E-state index contributed by atoms with van der Waals surface area (Å²) in [6, 6.07) is 0. The Morgan fingerprint density at radius 3 is 2.00 bits per heavy atom. The molecule has 0 nitrogen and oxygen atoms in total. The zero-order valence-corrected chi connectivity index (χ0v) is 6.93. The standard InChI is InChI=1S/C6H9Cl2F/c1-4-5(2,3-7)6(4,8)9/h4H,3H2,1-2H3/t4-,5-,6+/m1/s1. The molecule has 0 spiro atoms. The van der Waals surface area contributed by atoms with Gasteiger partial charge in [0.25, 0.3) is 0 Å². The number of hydrogen-bond acceptors (Lipinski definition) is 0. The van der Waals surface area contributed by atoms with E-state index in [0.29, 0.717) is 5.88 Å². The summed E-state index contributed by atoms with van der Waals surface area (Å²) in [5, 5.41) is -1.55. The molecule has 0 unspecified atom stereocenters. The maximum atomic E-state index is 12.9. The summed E-state index contributed by atoms with van der Waals surface area (Å²) in [7, 11) is 0. The van der Waals surface area contributed by atoms with Crippen LogP contribution < -0.4 is 0 Å². The fraction of sp³-hybridized carbons (Fsp3) is 1.00. The second kappa shape index (κ2) is 1.76. The second-order valence-corrected chi connectivity index (χ2v) is 3.71. The maximum Gasteiger partial charge on any atom is 0.193 e. The quantitative estimate of drug-likeness (QED) is 0.532. The largest absolute Gasteiger partial charge is 0.225 e. The van der Waals surface area contributed by atoms with Gasteiger partial charge in [0.05, 0.1) is 0 Å². The Kier molecular flexibility index (Phi) is 1.49. The second-order valence-electron chi connectivity index (χ2n) is 2.90. The van der Waals surface area contributed by atoms with E-state index < -0.39 is 10.5 Å². The molecule has 0 N–H and O–H groups in total. The highest BCUT2D eigenvalue weighted by Gasteiger charge is 2.72. The molecule has 0 bridgehead atoms. The Bertz CT molecular complexity index is 135. The van der Waals surface area contributed by atoms with Crippen molar-refractivity contribution in [2.75, 3.05) is 5.88 Å². The lowest BCUT2D eigenvalue weighted by atomic mass is 10.1. The molecule has 0 aromatic heterocycles. The van der Waals surface area contributed by atoms with Crippen molar-refractivity contribution in [1.82, 2.24) is 0 Å². The third-order valence-corrected chi connectivity index (χ3v) is 3.77. The van der Waals surface area contributed by atoms with Crippen LogP contribution in [0.3, 0.4) is 0 Å². The molecule has 1 saturated carbocycles. The summed E-state index contributed by atoms with van der Waals surface area (Å²) >= 11 is 10.9. The maximum absolute atomic E-state index is 12.9. The zero-order chi connectivity index (χ0) is 7.28. The zero-order valence-electron chi connectivity index (χ0n) is 5.42. The molecule has 0 saturated heterocycles. The molecule has 1 fully saturated rings. The number of halogens is 3. The average molecular weight is 171 g/mol. The summed E-state index contributed by atoms with van der Waals surface area (Å²) in [6.07, 6.45) is 0. The van der Waals surface area contributed by atoms with Gasteiger partial charge in [-0.1, -0.05) is 25.4 Å². The Hall–Kier alpha value is 0.510. The fourth-order valence-corrected chi connectivity index (χ4v) is 1.92. The van der Waals surface area contributed by atoms with Crippen molar-refractivity contribution in [1.29, 1.82) is 0 Å². The highest BCUT2D eigenvalue weighted by molar-refractivity contribution is 6.27. The monoisotopic (exact) mass is 170 g/mol. The first-order chi connectivity index (χ1) is 3.97. The third-order valence-electron chi connectivity index (χ3n) is 2.46. The van der Waals surface area contributed by atoms with Crippen LogP contribution in [0.15, 0.2) is 0 Å². The molecule has 54 valence electrons. The summed E-state index contributed by atoms with van der Waals surface area (Å²) in [6.45, 7) is 3.53. The van der Waals surface area contributed by atoms with Crippen LogP contribution in [0.2, 0.25) is 0 Å². The van der Waals surface area contributed by atoms with Crippen molar-refractivity contribution < 1.29 is 4.39 Å². The Labute approximate surface area is 64.3 Å². The molecular weight excluding hydrogens is 162 g/mol. The lowest BCUT2D eigenvalue weighted by molar-refractivity contribution is 0.350. The normalized spacial score (nSPS) is 57.7. The van der Waals surface area contributed by atoms with Crippen LogP contribution >= 0.6 is 23.2 Å². The average Bonchev–Trinajstić information content (AvgIpc) is 2.16. The third kappa shape index (κ3) is 0.712. The Morgan fingerprint density at radius 2 is 2.00 bits per heavy atom. The first-order valence-corrected chi connectivity index (χ1v) is 3.82. The minimum atomic E-state index is -1.55. The molecule has 3 atom stereocenters. The van der Waals surface area contributed by atoms with Crippen molar-refractivity contribution >= 4 is 23.2 Å². The summed E-state index contributed by atoms with van der Waals surface area (Å²) < 4.78 is 12.9. The Morgan fingerprint density at radius 1 is 1.67 bits per heavy atom. The topological polar surface area (TPSA) is 0 Å². The van der Waals surface area contributed by atoms with Crippen molar-refractivity contribution in [3.05, 3.63) is 0 Å². The van der Waals surface area contributed by atoms with Gasteiger partial charge in [-0.3, -0.25) is 0 Å². The summed E-state index contributed by atoms with van der Waals surface area (Å²) in [4.78, 5) is 0. The van der Waals surface area contributed by atoms with Crippen molar-refractivity contribution in [2.24, 2.45) is 11.3 Å². The van der Waals surface area contributed by atoms with E-state index in [1.165, 1.54) is 0 Å². The number of alkyl halides is 3. The van der Waals surface area contributed by atoms with Gasteiger partial charge in [-0.25, -0.2) is 4.39 Å². The van der Waals surface area contributed by atoms with E-state index in [4.69, 9.17) is 23.2 Å². The van der Waals surface area contributed by atoms with Crippen LogP contribution in [0, 0.1) is 11.3 Å². The van der Waals surface area contributed by atoms with Crippen LogP contribution in [0.1, 0.15) is 13.8 Å². The van der Waals surface area contributed by atoms with Crippen molar-refractivity contribution in [2.45, 2.75) is 19.0 Å². The molecule has 0 amide bonds. The van der Waals surface area contributed by atoms with Gasteiger partial charge in [0, 0.05) is 17.2 Å². The predicted octanol–water partition coefficient (Wildman–Crippen LogP) is 2.79. The number of rotatable bonds is 1. The molecule has 9 heavy (non-hydrogen) atoms. The minimum Gasteiger partial charge on any atom is -0.225 e. The molecule has 1 aliphatic carbocycles. The van der Waals surface area contributed by atoms with Crippen molar-refractivity contribution in [3.8, 4) is 0 Å². The first-order valence-electron chi connectivity index (χ1n) is 2.90. The highest BCUT2D eigenvalue weighted by Crippen LogP contribution is 2.67. The van der Waals surface area contributed by atoms with E-state index in [-0.39, 0.29) is 5.92 Å². The molecule has 1 aliphatic rings. The van der Waals surface area contributed by atoms with Gasteiger partial charge in [-0.2, -0.15) is 0 Å². The Balaban J connectivity index is 2.70. The fourth-order valence-electron chi connectivity index (χ4n) is 1.01. The van der Waals surface area contributed by atoms with E-state index in [1.807, 2.05) is 0 Å². The molecule has 0 radical (unpaired) electrons. The lowest BCUT2D eigenvalue weighted by Crippen LogP contribution is -2.06. The molecule has 0 aliphatic heterocycles. The molecule has 1 rings (SSSR count). The van der Waals surface area contributed by atoms with Gasteiger partial charge in [-0.05, 0) is 0 Å². The summed E-state index contributed by atoms with van der Waals surface area (Å²) in [5.74, 6) is 0.193. The first kappa shape index (κ1) is 7.62. The number of hydrogen-bond donors (Lipinski definition) is 0. The predicted molar refractivity (Wildman–Crippen MR) is 37.7 cm³/mol. The van der Waals surface area contributed by atoms with Crippen LogP contribution in [0.5, 0.6) is 0 Å². The van der Waals surface area contributed by atoms with Crippen molar-refractivity contribution in [3.63, 3.8) is 0 Å². The van der Waals surface area contributed by atoms with Gasteiger partial charge in [0.1, 0.15) is 0 Å². The van der Waals surface area contributed by atoms with Gasteiger partial charge in [-0.15, -0.1) is 11.6 Å². The molecule has 0 aromatic rings. The van der Waals surface area contributed by atoms with Gasteiger partial charge in [0.2, 0.25) is 0 Å². The molecule has 3 heteroatoms. The van der Waals surface area contributed by atoms with Gasteiger partial charge < -0.3 is 0 Å². The van der Waals surface area contributed by atoms with Gasteiger partial charge >= 0.3 is 0 Å². The van der Waals surface area contributed by atoms with E-state index in [9.17, 15) is 4.39 Å². The minimum absolute atomic E-state index is 0.107. The highest BCUT2D eigenvalue weighted by atomic mass is 35.5. The van der Waals surface area contributed by atoms with E-state index in [0.717, 1.165) is 0 Å². The lowest BCUT2D eigenvalue weighted by Gasteiger charge is -2.02. The van der Waals surface area contributed by atoms with E-state index in [2.05, 4.69) is 0 Å². The molecule has 0 aromatic carbocycles. The van der Waals surface area contributed by atoms with E-state index in [1.54, 1.807) is 13.8 Å². The van der Waals surface area contributed by atoms with Gasteiger partial charge in [0.15, 0.2) is 5.13 Å². The van der Waals surface area contributed by atoms with Crippen LogP contribution in [-0.4, -0.2) is 11.0 Å².